The van der Waals surface area contributed by atoms with E-state index in [2.05, 4.69) is 17.6 Å². The molecule has 3 aromatic rings. The molecular formula is C27H28N2O3. The molecule has 5 nitrogen and oxygen atoms in total. The van der Waals surface area contributed by atoms with Crippen LogP contribution in [0.2, 0.25) is 0 Å². The number of unbranched alkanes of at least 4 members (excludes halogenated alkanes) is 1. The summed E-state index contributed by atoms with van der Waals surface area (Å²) < 4.78 is 5.65. The lowest BCUT2D eigenvalue weighted by atomic mass is 10.1. The molecule has 0 fully saturated rings. The summed E-state index contributed by atoms with van der Waals surface area (Å²) in [6, 6.07) is 23.8. The summed E-state index contributed by atoms with van der Waals surface area (Å²) in [5.74, 6) is -0.0518. The van der Waals surface area contributed by atoms with Gasteiger partial charge in [-0.3, -0.25) is 9.59 Å². The van der Waals surface area contributed by atoms with Crippen molar-refractivity contribution in [1.82, 2.24) is 5.32 Å². The molecule has 2 N–H and O–H groups in total. The molecule has 0 atom stereocenters. The summed E-state index contributed by atoms with van der Waals surface area (Å²) in [5.41, 5.74) is 3.15. The first-order chi connectivity index (χ1) is 15.5. The lowest BCUT2D eigenvalue weighted by Gasteiger charge is -2.12. The third-order valence-corrected chi connectivity index (χ3v) is 4.80. The molecule has 0 aliphatic rings. The zero-order valence-corrected chi connectivity index (χ0v) is 18.4. The monoisotopic (exact) mass is 428 g/mol. The van der Waals surface area contributed by atoms with Crippen molar-refractivity contribution in [3.8, 4) is 5.75 Å². The van der Waals surface area contributed by atoms with Crippen LogP contribution < -0.4 is 15.4 Å². The Labute approximate surface area is 189 Å². The van der Waals surface area contributed by atoms with Crippen LogP contribution in [0.4, 0.5) is 5.69 Å². The molecule has 32 heavy (non-hydrogen) atoms. The Morgan fingerprint density at radius 2 is 1.59 bits per heavy atom. The molecule has 0 aromatic heterocycles. The van der Waals surface area contributed by atoms with Gasteiger partial charge in [0.1, 0.15) is 11.4 Å². The number of hydrogen-bond acceptors (Lipinski definition) is 3. The van der Waals surface area contributed by atoms with Crippen LogP contribution in [0.1, 0.15) is 41.3 Å². The van der Waals surface area contributed by atoms with Gasteiger partial charge in [-0.25, -0.2) is 0 Å². The zero-order valence-electron chi connectivity index (χ0n) is 18.4. The van der Waals surface area contributed by atoms with Crippen molar-refractivity contribution >= 4 is 23.6 Å². The lowest BCUT2D eigenvalue weighted by Crippen LogP contribution is -2.30. The molecule has 0 saturated carbocycles. The molecule has 0 radical (unpaired) electrons. The Hall–Kier alpha value is -3.86. The van der Waals surface area contributed by atoms with Crippen molar-refractivity contribution in [2.75, 3.05) is 11.9 Å². The number of carbonyl (C=O) groups excluding carboxylic acids is 2. The van der Waals surface area contributed by atoms with Crippen molar-refractivity contribution in [2.24, 2.45) is 0 Å². The van der Waals surface area contributed by atoms with E-state index < -0.39 is 5.91 Å². The van der Waals surface area contributed by atoms with Gasteiger partial charge >= 0.3 is 0 Å². The van der Waals surface area contributed by atoms with Gasteiger partial charge in [0.15, 0.2) is 0 Å². The van der Waals surface area contributed by atoms with Crippen LogP contribution in [0.5, 0.6) is 5.75 Å². The van der Waals surface area contributed by atoms with E-state index in [1.807, 2.05) is 61.5 Å². The number of hydrogen-bond donors (Lipinski definition) is 2. The predicted molar refractivity (Wildman–Crippen MR) is 129 cm³/mol. The summed E-state index contributed by atoms with van der Waals surface area (Å²) in [6.45, 7) is 4.73. The lowest BCUT2D eigenvalue weighted by molar-refractivity contribution is -0.113. The second kappa shape index (κ2) is 11.5. The van der Waals surface area contributed by atoms with Crippen LogP contribution in [0.15, 0.2) is 84.6 Å². The normalized spacial score (nSPS) is 11.0. The molecule has 0 heterocycles. The number of aryl methyl sites for hydroxylation is 1. The molecule has 3 aromatic carbocycles. The molecular weight excluding hydrogens is 400 g/mol. The molecule has 3 rings (SSSR count). The van der Waals surface area contributed by atoms with Gasteiger partial charge in [0.25, 0.3) is 11.8 Å². The van der Waals surface area contributed by atoms with E-state index in [1.165, 1.54) is 0 Å². The first-order valence-electron chi connectivity index (χ1n) is 10.7. The number of benzene rings is 3. The third-order valence-electron chi connectivity index (χ3n) is 4.80. The van der Waals surface area contributed by atoms with Gasteiger partial charge in [-0.2, -0.15) is 0 Å². The number of ether oxygens (including phenoxy) is 1. The van der Waals surface area contributed by atoms with Crippen molar-refractivity contribution < 1.29 is 14.3 Å². The quantitative estimate of drug-likeness (QED) is 0.345. The average Bonchev–Trinajstić information content (AvgIpc) is 2.81. The maximum absolute atomic E-state index is 13.0. The number of nitrogens with one attached hydrogen (secondary N) is 2. The highest BCUT2D eigenvalue weighted by atomic mass is 16.5. The Morgan fingerprint density at radius 1 is 0.906 bits per heavy atom. The first-order valence-corrected chi connectivity index (χ1v) is 10.7. The maximum Gasteiger partial charge on any atom is 0.272 e. The van der Waals surface area contributed by atoms with E-state index in [1.54, 1.807) is 30.3 Å². The molecule has 5 heteroatoms. The van der Waals surface area contributed by atoms with E-state index in [0.717, 1.165) is 24.0 Å². The first kappa shape index (κ1) is 22.8. The van der Waals surface area contributed by atoms with Gasteiger partial charge in [0, 0.05) is 11.3 Å². The smallest absolute Gasteiger partial charge is 0.272 e. The van der Waals surface area contributed by atoms with Gasteiger partial charge < -0.3 is 15.4 Å². The number of amides is 2. The predicted octanol–water partition coefficient (Wildman–Crippen LogP) is 5.58. The Bertz CT molecular complexity index is 1060. The highest BCUT2D eigenvalue weighted by molar-refractivity contribution is 6.10. The fraction of sp³-hybridized carbons (Fsp3) is 0.185. The average molecular weight is 429 g/mol. The largest absolute Gasteiger partial charge is 0.494 e. The van der Waals surface area contributed by atoms with Crippen LogP contribution in [0.25, 0.3) is 6.08 Å². The van der Waals surface area contributed by atoms with Gasteiger partial charge in [0.2, 0.25) is 0 Å². The van der Waals surface area contributed by atoms with Crippen LogP contribution in [0, 0.1) is 6.92 Å². The topological polar surface area (TPSA) is 67.4 Å². The maximum atomic E-state index is 13.0. The highest BCUT2D eigenvalue weighted by Gasteiger charge is 2.15. The summed E-state index contributed by atoms with van der Waals surface area (Å²) in [5, 5.41) is 5.60. The summed E-state index contributed by atoms with van der Waals surface area (Å²) in [7, 11) is 0. The minimum absolute atomic E-state index is 0.157. The SMILES string of the molecule is CCCCOc1ccc(C(=O)NC(=Cc2ccccc2)C(=O)Nc2ccc(C)cc2)cc1. The molecule has 164 valence electrons. The molecule has 0 bridgehead atoms. The van der Waals surface area contributed by atoms with E-state index in [0.29, 0.717) is 23.6 Å². The second-order valence-electron chi connectivity index (χ2n) is 7.47. The Kier molecular flexibility index (Phi) is 8.21. The van der Waals surface area contributed by atoms with E-state index >= 15 is 0 Å². The standard InChI is InChI=1S/C27H28N2O3/c1-3-4-18-32-24-16-12-22(13-17-24)26(30)29-25(19-21-8-6-5-7-9-21)27(31)28-23-14-10-20(2)11-15-23/h5-17,19H,3-4,18H2,1-2H3,(H,28,31)(H,29,30). The fourth-order valence-electron chi connectivity index (χ4n) is 2.94. The molecule has 0 spiro atoms. The molecule has 0 unspecified atom stereocenters. The third kappa shape index (κ3) is 6.84. The Morgan fingerprint density at radius 3 is 2.25 bits per heavy atom. The molecule has 2 amide bonds. The minimum Gasteiger partial charge on any atom is -0.494 e. The summed E-state index contributed by atoms with van der Waals surface area (Å²) in [4.78, 5) is 25.8. The van der Waals surface area contributed by atoms with Gasteiger partial charge in [-0.05, 0) is 61.4 Å². The fourth-order valence-corrected chi connectivity index (χ4v) is 2.94. The zero-order chi connectivity index (χ0) is 22.8. The summed E-state index contributed by atoms with van der Waals surface area (Å²) in [6.07, 6.45) is 3.69. The number of anilines is 1. The van der Waals surface area contributed by atoms with E-state index in [-0.39, 0.29) is 11.6 Å². The van der Waals surface area contributed by atoms with Crippen LogP contribution >= 0.6 is 0 Å². The number of carbonyl (C=O) groups is 2. The van der Waals surface area contributed by atoms with E-state index in [9.17, 15) is 9.59 Å². The van der Waals surface area contributed by atoms with Gasteiger partial charge in [-0.15, -0.1) is 0 Å². The second-order valence-corrected chi connectivity index (χ2v) is 7.47. The van der Waals surface area contributed by atoms with Crippen LogP contribution in [0.3, 0.4) is 0 Å². The van der Waals surface area contributed by atoms with Gasteiger partial charge in [0.05, 0.1) is 6.61 Å². The van der Waals surface area contributed by atoms with Gasteiger partial charge in [-0.1, -0.05) is 61.4 Å². The van der Waals surface area contributed by atoms with Crippen molar-refractivity contribution in [3.63, 3.8) is 0 Å². The Balaban J connectivity index is 1.76. The molecule has 0 aliphatic carbocycles. The van der Waals surface area contributed by atoms with Crippen LogP contribution in [-0.4, -0.2) is 18.4 Å². The summed E-state index contributed by atoms with van der Waals surface area (Å²) >= 11 is 0. The van der Waals surface area contributed by atoms with Crippen LogP contribution in [-0.2, 0) is 4.79 Å². The molecule has 0 saturated heterocycles. The van der Waals surface area contributed by atoms with Crippen molar-refractivity contribution in [2.45, 2.75) is 26.7 Å². The minimum atomic E-state index is -0.398. The van der Waals surface area contributed by atoms with Crippen molar-refractivity contribution in [1.29, 1.82) is 0 Å². The molecule has 0 aliphatic heterocycles. The highest BCUT2D eigenvalue weighted by Crippen LogP contribution is 2.15. The number of rotatable bonds is 9. The van der Waals surface area contributed by atoms with Crippen molar-refractivity contribution in [3.05, 3.63) is 101 Å². The van der Waals surface area contributed by atoms with E-state index in [4.69, 9.17) is 4.74 Å².